The van der Waals surface area contributed by atoms with Crippen molar-refractivity contribution in [2.75, 3.05) is 19.7 Å². The van der Waals surface area contributed by atoms with Crippen molar-refractivity contribution in [2.45, 2.75) is 45.8 Å². The smallest absolute Gasteiger partial charge is 0.0702 e. The van der Waals surface area contributed by atoms with Gasteiger partial charge in [0.1, 0.15) is 0 Å². The van der Waals surface area contributed by atoms with Crippen molar-refractivity contribution in [3.8, 4) is 0 Å². The van der Waals surface area contributed by atoms with Gasteiger partial charge in [-0.15, -0.1) is 0 Å². The number of aromatic nitrogens is 2. The number of morpholine rings is 1. The van der Waals surface area contributed by atoms with Crippen molar-refractivity contribution in [3.63, 3.8) is 0 Å². The van der Waals surface area contributed by atoms with Gasteiger partial charge in [0.25, 0.3) is 0 Å². The van der Waals surface area contributed by atoms with E-state index >= 15 is 0 Å². The second kappa shape index (κ2) is 7.06. The molecule has 1 aromatic heterocycles. The van der Waals surface area contributed by atoms with Crippen molar-refractivity contribution >= 4 is 0 Å². The molecule has 0 amide bonds. The third-order valence-electron chi connectivity index (χ3n) is 3.70. The first-order valence-corrected chi connectivity index (χ1v) is 7.45. The lowest BCUT2D eigenvalue weighted by Crippen LogP contribution is -2.41. The lowest BCUT2D eigenvalue weighted by Gasteiger charge is -2.32. The highest BCUT2D eigenvalue weighted by Gasteiger charge is 2.20. The van der Waals surface area contributed by atoms with E-state index < -0.39 is 0 Å². The fourth-order valence-electron chi connectivity index (χ4n) is 2.66. The summed E-state index contributed by atoms with van der Waals surface area (Å²) in [6.07, 6.45) is 8.27. The van der Waals surface area contributed by atoms with Gasteiger partial charge in [-0.05, 0) is 12.3 Å². The monoisotopic (exact) mass is 265 g/mol. The van der Waals surface area contributed by atoms with Gasteiger partial charge in [-0.25, -0.2) is 0 Å². The first-order chi connectivity index (χ1) is 9.13. The molecule has 4 heteroatoms. The number of hydrogen-bond donors (Lipinski definition) is 0. The van der Waals surface area contributed by atoms with Crippen LogP contribution in [0.2, 0.25) is 0 Å². The number of aryl methyl sites for hydroxylation is 1. The summed E-state index contributed by atoms with van der Waals surface area (Å²) < 4.78 is 7.74. The molecule has 0 bridgehead atoms. The third-order valence-corrected chi connectivity index (χ3v) is 3.70. The maximum absolute atomic E-state index is 5.87. The zero-order valence-corrected chi connectivity index (χ0v) is 12.5. The maximum atomic E-state index is 5.87. The fraction of sp³-hybridized carbons (Fsp3) is 0.800. The molecule has 19 heavy (non-hydrogen) atoms. The predicted octanol–water partition coefficient (Wildman–Crippen LogP) is 2.45. The molecule has 1 atom stereocenters. The highest BCUT2D eigenvalue weighted by Crippen LogP contribution is 2.16. The van der Waals surface area contributed by atoms with Gasteiger partial charge in [0, 0.05) is 38.4 Å². The fourth-order valence-corrected chi connectivity index (χ4v) is 2.66. The summed E-state index contributed by atoms with van der Waals surface area (Å²) in [5.74, 6) is 0.801. The molecule has 0 radical (unpaired) electrons. The van der Waals surface area contributed by atoms with E-state index in [4.69, 9.17) is 4.74 Å². The van der Waals surface area contributed by atoms with E-state index in [2.05, 4.69) is 30.0 Å². The standard InChI is InChI=1S/C15H27N3O/c1-13(2)5-4-6-15-12-18(7-8-19-15)11-14-9-16-17(3)10-14/h9-10,13,15H,4-8,11-12H2,1-3H3. The van der Waals surface area contributed by atoms with E-state index in [1.54, 1.807) is 0 Å². The maximum Gasteiger partial charge on any atom is 0.0702 e. The van der Waals surface area contributed by atoms with Gasteiger partial charge in [0.2, 0.25) is 0 Å². The van der Waals surface area contributed by atoms with Crippen LogP contribution in [0.4, 0.5) is 0 Å². The minimum Gasteiger partial charge on any atom is -0.376 e. The predicted molar refractivity (Wildman–Crippen MR) is 76.9 cm³/mol. The van der Waals surface area contributed by atoms with Crippen molar-refractivity contribution in [1.82, 2.24) is 14.7 Å². The van der Waals surface area contributed by atoms with E-state index in [9.17, 15) is 0 Å². The Bertz CT molecular complexity index is 375. The molecular weight excluding hydrogens is 238 g/mol. The molecule has 2 rings (SSSR count). The van der Waals surface area contributed by atoms with Crippen LogP contribution in [0, 0.1) is 5.92 Å². The molecule has 1 saturated heterocycles. The Kier molecular flexibility index (Phi) is 5.40. The third kappa shape index (κ3) is 4.96. The highest BCUT2D eigenvalue weighted by atomic mass is 16.5. The number of ether oxygens (including phenoxy) is 1. The largest absolute Gasteiger partial charge is 0.376 e. The summed E-state index contributed by atoms with van der Waals surface area (Å²) in [6, 6.07) is 0. The van der Waals surface area contributed by atoms with E-state index in [-0.39, 0.29) is 0 Å². The van der Waals surface area contributed by atoms with Crippen LogP contribution in [0.25, 0.3) is 0 Å². The summed E-state index contributed by atoms with van der Waals surface area (Å²) in [7, 11) is 1.97. The number of hydrogen-bond acceptors (Lipinski definition) is 3. The first kappa shape index (κ1) is 14.5. The van der Waals surface area contributed by atoms with Crippen LogP contribution in [0.1, 0.15) is 38.7 Å². The molecule has 1 aliphatic rings. The van der Waals surface area contributed by atoms with Crippen molar-refractivity contribution in [1.29, 1.82) is 0 Å². The van der Waals surface area contributed by atoms with E-state index in [1.807, 2.05) is 17.9 Å². The summed E-state index contributed by atoms with van der Waals surface area (Å²) in [4.78, 5) is 2.49. The van der Waals surface area contributed by atoms with Crippen LogP contribution in [0.3, 0.4) is 0 Å². The molecule has 1 aromatic rings. The molecule has 0 N–H and O–H groups in total. The molecule has 1 unspecified atom stereocenters. The molecule has 0 spiro atoms. The Morgan fingerprint density at radius 2 is 2.32 bits per heavy atom. The molecule has 0 aromatic carbocycles. The Morgan fingerprint density at radius 3 is 3.00 bits per heavy atom. The Balaban J connectivity index is 1.74. The summed E-state index contributed by atoms with van der Waals surface area (Å²) in [6.45, 7) is 8.54. The van der Waals surface area contributed by atoms with Gasteiger partial charge in [0.05, 0.1) is 18.9 Å². The van der Waals surface area contributed by atoms with E-state index in [0.29, 0.717) is 6.10 Å². The Labute approximate surface area is 116 Å². The molecule has 0 saturated carbocycles. The van der Waals surface area contributed by atoms with Gasteiger partial charge in [-0.2, -0.15) is 5.10 Å². The molecular formula is C15H27N3O. The van der Waals surface area contributed by atoms with Crippen molar-refractivity contribution < 1.29 is 4.74 Å². The Morgan fingerprint density at radius 1 is 1.47 bits per heavy atom. The first-order valence-electron chi connectivity index (χ1n) is 7.45. The SMILES string of the molecule is CC(C)CCCC1CN(Cc2cnn(C)c2)CCO1. The average molecular weight is 265 g/mol. The van der Waals surface area contributed by atoms with Crippen LogP contribution in [0.15, 0.2) is 12.4 Å². The zero-order valence-electron chi connectivity index (χ0n) is 12.5. The second-order valence-electron chi connectivity index (χ2n) is 6.07. The summed E-state index contributed by atoms with van der Waals surface area (Å²) in [5, 5.41) is 4.23. The summed E-state index contributed by atoms with van der Waals surface area (Å²) >= 11 is 0. The van der Waals surface area contributed by atoms with Gasteiger partial charge in [-0.1, -0.05) is 26.7 Å². The van der Waals surface area contributed by atoms with Crippen molar-refractivity contribution in [3.05, 3.63) is 18.0 Å². The van der Waals surface area contributed by atoms with Gasteiger partial charge < -0.3 is 4.74 Å². The highest BCUT2D eigenvalue weighted by molar-refractivity contribution is 5.03. The van der Waals surface area contributed by atoms with Gasteiger partial charge in [-0.3, -0.25) is 9.58 Å². The second-order valence-corrected chi connectivity index (χ2v) is 6.07. The normalized spacial score (nSPS) is 21.2. The van der Waals surface area contributed by atoms with Crippen LogP contribution < -0.4 is 0 Å². The van der Waals surface area contributed by atoms with Gasteiger partial charge in [0.15, 0.2) is 0 Å². The van der Waals surface area contributed by atoms with Crippen LogP contribution in [-0.4, -0.2) is 40.5 Å². The van der Waals surface area contributed by atoms with Gasteiger partial charge >= 0.3 is 0 Å². The molecule has 2 heterocycles. The lowest BCUT2D eigenvalue weighted by molar-refractivity contribution is -0.0360. The Hall–Kier alpha value is -0.870. The quantitative estimate of drug-likeness (QED) is 0.791. The number of nitrogens with zero attached hydrogens (tertiary/aromatic N) is 3. The minimum absolute atomic E-state index is 0.421. The van der Waals surface area contributed by atoms with E-state index in [0.717, 1.165) is 32.2 Å². The van der Waals surface area contributed by atoms with Crippen LogP contribution in [0.5, 0.6) is 0 Å². The van der Waals surface area contributed by atoms with Crippen LogP contribution >= 0.6 is 0 Å². The topological polar surface area (TPSA) is 30.3 Å². The molecule has 0 aliphatic carbocycles. The van der Waals surface area contributed by atoms with Crippen LogP contribution in [-0.2, 0) is 18.3 Å². The lowest BCUT2D eigenvalue weighted by atomic mass is 10.0. The molecule has 1 fully saturated rings. The summed E-state index contributed by atoms with van der Waals surface area (Å²) in [5.41, 5.74) is 1.30. The zero-order chi connectivity index (χ0) is 13.7. The molecule has 1 aliphatic heterocycles. The molecule has 108 valence electrons. The number of rotatable bonds is 6. The average Bonchev–Trinajstić information content (AvgIpc) is 2.75. The molecule has 4 nitrogen and oxygen atoms in total. The minimum atomic E-state index is 0.421. The van der Waals surface area contributed by atoms with E-state index in [1.165, 1.54) is 24.8 Å². The van der Waals surface area contributed by atoms with Crippen molar-refractivity contribution in [2.24, 2.45) is 13.0 Å².